The standard InChI is InChI=1S/C25H28O3/c1-24(2)14-15-25(3,4)21-16-19(11-12-20(21)24)22(26)13-8-17-6-9-18(10-7-17)23(27)28-5/h6-13,16H,14-15H2,1-5H3/b13-8+. The van der Waals surface area contributed by atoms with Gasteiger partial charge in [0.25, 0.3) is 0 Å². The lowest BCUT2D eigenvalue weighted by Crippen LogP contribution is -2.34. The highest BCUT2D eigenvalue weighted by molar-refractivity contribution is 6.07. The van der Waals surface area contributed by atoms with Gasteiger partial charge >= 0.3 is 5.97 Å². The molecule has 1 aliphatic rings. The minimum absolute atomic E-state index is 0.0148. The molecule has 0 aromatic heterocycles. The summed E-state index contributed by atoms with van der Waals surface area (Å²) in [6, 6.07) is 13.1. The van der Waals surface area contributed by atoms with Crippen LogP contribution in [0.15, 0.2) is 48.5 Å². The van der Waals surface area contributed by atoms with Crippen molar-refractivity contribution in [3.8, 4) is 0 Å². The number of allylic oxidation sites excluding steroid dienone is 1. The molecule has 2 aromatic carbocycles. The molecule has 0 spiro atoms. The van der Waals surface area contributed by atoms with E-state index in [1.165, 1.54) is 18.2 Å². The first-order chi connectivity index (χ1) is 13.1. The highest BCUT2D eigenvalue weighted by Gasteiger charge is 2.37. The first-order valence-corrected chi connectivity index (χ1v) is 9.70. The van der Waals surface area contributed by atoms with Crippen LogP contribution in [-0.2, 0) is 15.6 Å². The molecule has 1 aliphatic carbocycles. The third kappa shape index (κ3) is 3.94. The normalized spacial score (nSPS) is 17.2. The van der Waals surface area contributed by atoms with E-state index in [0.717, 1.165) is 18.4 Å². The Kier molecular flexibility index (Phi) is 5.29. The van der Waals surface area contributed by atoms with E-state index >= 15 is 0 Å². The van der Waals surface area contributed by atoms with Crippen LogP contribution in [0.1, 0.15) is 77.9 Å². The lowest BCUT2D eigenvalue weighted by molar-refractivity contribution is 0.0600. The quantitative estimate of drug-likeness (QED) is 0.389. The van der Waals surface area contributed by atoms with E-state index < -0.39 is 0 Å². The average molecular weight is 376 g/mol. The molecule has 0 saturated heterocycles. The second-order valence-corrected chi connectivity index (χ2v) is 8.84. The van der Waals surface area contributed by atoms with Crippen LogP contribution in [0, 0.1) is 0 Å². The van der Waals surface area contributed by atoms with Gasteiger partial charge in [0.1, 0.15) is 0 Å². The SMILES string of the molecule is COC(=O)c1ccc(/C=C/C(=O)c2ccc3c(c2)C(C)(C)CCC3(C)C)cc1. The summed E-state index contributed by atoms with van der Waals surface area (Å²) in [4.78, 5) is 24.2. The summed E-state index contributed by atoms with van der Waals surface area (Å²) < 4.78 is 4.70. The fourth-order valence-corrected chi connectivity index (χ4v) is 3.86. The second kappa shape index (κ2) is 7.38. The van der Waals surface area contributed by atoms with E-state index in [-0.39, 0.29) is 22.6 Å². The molecule has 0 unspecified atom stereocenters. The van der Waals surface area contributed by atoms with Gasteiger partial charge in [-0.1, -0.05) is 58.0 Å². The van der Waals surface area contributed by atoms with Crippen molar-refractivity contribution in [1.29, 1.82) is 0 Å². The number of carbonyl (C=O) groups is 2. The number of esters is 1. The number of fused-ring (bicyclic) bond motifs is 1. The van der Waals surface area contributed by atoms with Gasteiger partial charge in [-0.15, -0.1) is 0 Å². The number of carbonyl (C=O) groups excluding carboxylic acids is 2. The van der Waals surface area contributed by atoms with Crippen LogP contribution in [0.5, 0.6) is 0 Å². The maximum Gasteiger partial charge on any atom is 0.337 e. The monoisotopic (exact) mass is 376 g/mol. The van der Waals surface area contributed by atoms with Crippen molar-refractivity contribution in [1.82, 2.24) is 0 Å². The molecule has 0 fully saturated rings. The summed E-state index contributed by atoms with van der Waals surface area (Å²) in [5.41, 5.74) is 4.92. The summed E-state index contributed by atoms with van der Waals surface area (Å²) in [6.07, 6.45) is 5.64. The maximum atomic E-state index is 12.7. The van der Waals surface area contributed by atoms with Gasteiger partial charge in [0.15, 0.2) is 5.78 Å². The van der Waals surface area contributed by atoms with Gasteiger partial charge in [-0.3, -0.25) is 4.79 Å². The molecular weight excluding hydrogens is 348 g/mol. The Balaban J connectivity index is 1.83. The van der Waals surface area contributed by atoms with Crippen molar-refractivity contribution in [2.45, 2.75) is 51.4 Å². The van der Waals surface area contributed by atoms with Crippen LogP contribution in [-0.4, -0.2) is 18.9 Å². The zero-order valence-electron chi connectivity index (χ0n) is 17.3. The molecule has 28 heavy (non-hydrogen) atoms. The van der Waals surface area contributed by atoms with Gasteiger partial charge in [-0.25, -0.2) is 4.79 Å². The zero-order valence-corrected chi connectivity index (χ0v) is 17.3. The lowest BCUT2D eigenvalue weighted by atomic mass is 9.63. The van der Waals surface area contributed by atoms with Gasteiger partial charge in [-0.05, 0) is 64.6 Å². The topological polar surface area (TPSA) is 43.4 Å². The summed E-state index contributed by atoms with van der Waals surface area (Å²) in [6.45, 7) is 9.07. The predicted octanol–water partition coefficient (Wildman–Crippen LogP) is 5.72. The molecular formula is C25H28O3. The largest absolute Gasteiger partial charge is 0.465 e. The van der Waals surface area contributed by atoms with E-state index in [1.807, 2.05) is 6.07 Å². The predicted molar refractivity (Wildman–Crippen MR) is 113 cm³/mol. The van der Waals surface area contributed by atoms with E-state index in [0.29, 0.717) is 11.1 Å². The fraction of sp³-hybridized carbons (Fsp3) is 0.360. The Morgan fingerprint density at radius 2 is 1.43 bits per heavy atom. The smallest absolute Gasteiger partial charge is 0.337 e. The van der Waals surface area contributed by atoms with Crippen molar-refractivity contribution in [2.24, 2.45) is 0 Å². The summed E-state index contributed by atoms with van der Waals surface area (Å²) in [7, 11) is 1.36. The Morgan fingerprint density at radius 1 is 0.857 bits per heavy atom. The number of ether oxygens (including phenoxy) is 1. The molecule has 3 heteroatoms. The van der Waals surface area contributed by atoms with Crippen LogP contribution < -0.4 is 0 Å². The van der Waals surface area contributed by atoms with E-state index in [1.54, 1.807) is 36.4 Å². The highest BCUT2D eigenvalue weighted by atomic mass is 16.5. The highest BCUT2D eigenvalue weighted by Crippen LogP contribution is 2.45. The van der Waals surface area contributed by atoms with E-state index in [2.05, 4.69) is 39.8 Å². The van der Waals surface area contributed by atoms with Crippen molar-refractivity contribution < 1.29 is 14.3 Å². The van der Waals surface area contributed by atoms with Gasteiger partial charge < -0.3 is 4.74 Å². The third-order valence-electron chi connectivity index (χ3n) is 5.90. The Labute approximate surface area is 167 Å². The molecule has 146 valence electrons. The van der Waals surface area contributed by atoms with Crippen LogP contribution in [0.2, 0.25) is 0 Å². The van der Waals surface area contributed by atoms with Gasteiger partial charge in [0.2, 0.25) is 0 Å². The zero-order chi connectivity index (χ0) is 20.5. The minimum atomic E-state index is -0.369. The molecule has 3 rings (SSSR count). The molecule has 0 bridgehead atoms. The molecule has 0 atom stereocenters. The number of rotatable bonds is 4. The lowest BCUT2D eigenvalue weighted by Gasteiger charge is -2.42. The number of hydrogen-bond donors (Lipinski definition) is 0. The number of benzene rings is 2. The first kappa shape index (κ1) is 20.1. The van der Waals surface area contributed by atoms with Crippen LogP contribution >= 0.6 is 0 Å². The fourth-order valence-electron chi connectivity index (χ4n) is 3.86. The Hall–Kier alpha value is -2.68. The molecule has 3 nitrogen and oxygen atoms in total. The van der Waals surface area contributed by atoms with E-state index in [9.17, 15) is 9.59 Å². The summed E-state index contributed by atoms with van der Waals surface area (Å²) in [5, 5.41) is 0. The molecule has 0 heterocycles. The van der Waals surface area contributed by atoms with Crippen molar-refractivity contribution >= 4 is 17.8 Å². The summed E-state index contributed by atoms with van der Waals surface area (Å²) in [5.74, 6) is -0.384. The maximum absolute atomic E-state index is 12.7. The van der Waals surface area contributed by atoms with E-state index in [4.69, 9.17) is 4.74 Å². The second-order valence-electron chi connectivity index (χ2n) is 8.84. The number of ketones is 1. The number of methoxy groups -OCH3 is 1. The molecule has 0 amide bonds. The molecule has 0 aliphatic heterocycles. The van der Waals surface area contributed by atoms with Crippen molar-refractivity contribution in [2.75, 3.05) is 7.11 Å². The molecule has 0 radical (unpaired) electrons. The van der Waals surface area contributed by atoms with Crippen molar-refractivity contribution in [3.63, 3.8) is 0 Å². The minimum Gasteiger partial charge on any atom is -0.465 e. The van der Waals surface area contributed by atoms with Gasteiger partial charge in [0.05, 0.1) is 12.7 Å². The Bertz CT molecular complexity index is 931. The molecule has 2 aromatic rings. The Morgan fingerprint density at radius 3 is 2.04 bits per heavy atom. The average Bonchev–Trinajstić information content (AvgIpc) is 2.69. The van der Waals surface area contributed by atoms with Crippen LogP contribution in [0.25, 0.3) is 6.08 Å². The van der Waals surface area contributed by atoms with Crippen LogP contribution in [0.4, 0.5) is 0 Å². The summed E-state index contributed by atoms with van der Waals surface area (Å²) >= 11 is 0. The van der Waals surface area contributed by atoms with Crippen LogP contribution in [0.3, 0.4) is 0 Å². The first-order valence-electron chi connectivity index (χ1n) is 9.70. The van der Waals surface area contributed by atoms with Gasteiger partial charge in [0, 0.05) is 5.56 Å². The molecule has 0 saturated carbocycles. The third-order valence-corrected chi connectivity index (χ3v) is 5.90. The number of hydrogen-bond acceptors (Lipinski definition) is 3. The van der Waals surface area contributed by atoms with Crippen molar-refractivity contribution in [3.05, 3.63) is 76.4 Å². The van der Waals surface area contributed by atoms with Gasteiger partial charge in [-0.2, -0.15) is 0 Å². The molecule has 0 N–H and O–H groups in total.